The van der Waals surface area contributed by atoms with Gasteiger partial charge in [0.15, 0.2) is 0 Å². The van der Waals surface area contributed by atoms with Crippen molar-refractivity contribution in [2.45, 2.75) is 65.0 Å². The molecule has 13 heteroatoms. The zero-order chi connectivity index (χ0) is 38.7. The molecule has 1 aliphatic heterocycles. The van der Waals surface area contributed by atoms with E-state index in [1.807, 2.05) is 95.9 Å². The second-order valence-electron chi connectivity index (χ2n) is 13.3. The first-order valence-corrected chi connectivity index (χ1v) is 19.0. The van der Waals surface area contributed by atoms with E-state index in [-0.39, 0.29) is 45.4 Å². The molecule has 0 aromatic heterocycles. The van der Waals surface area contributed by atoms with Crippen molar-refractivity contribution in [1.82, 2.24) is 24.9 Å². The number of nitrogens with zero attached hydrogens (tertiary/aromatic N) is 5. The van der Waals surface area contributed by atoms with Gasteiger partial charge in [-0.2, -0.15) is 0 Å². The molecule has 0 spiro atoms. The zero-order valence-electron chi connectivity index (χ0n) is 31.6. The molecule has 290 valence electrons. The van der Waals surface area contributed by atoms with E-state index >= 15 is 0 Å². The Labute approximate surface area is 319 Å². The highest BCUT2D eigenvalue weighted by molar-refractivity contribution is 6.01. The minimum atomic E-state index is -1.05. The molecule has 0 radical (unpaired) electrons. The summed E-state index contributed by atoms with van der Waals surface area (Å²) in [6.07, 6.45) is 5.08. The van der Waals surface area contributed by atoms with Gasteiger partial charge in [-0.15, -0.1) is 0 Å². The van der Waals surface area contributed by atoms with Crippen molar-refractivity contribution in [1.29, 1.82) is 0 Å². The number of hydrogen-bond acceptors (Lipinski definition) is 6. The van der Waals surface area contributed by atoms with Crippen LogP contribution in [0.5, 0.6) is 0 Å². The number of benzene rings is 3. The molecule has 1 saturated heterocycles. The van der Waals surface area contributed by atoms with Crippen LogP contribution in [0.4, 0.5) is 25.8 Å². The van der Waals surface area contributed by atoms with Crippen LogP contribution in [0.3, 0.4) is 0 Å². The maximum atomic E-state index is 14.6. The molecule has 3 aromatic carbocycles. The fraction of sp³-hybridized carbons (Fsp3) is 0.439. The van der Waals surface area contributed by atoms with Crippen molar-refractivity contribution in [3.63, 3.8) is 0 Å². The number of carbonyl (C=O) groups is 5. The second kappa shape index (κ2) is 21.8. The van der Waals surface area contributed by atoms with Crippen LogP contribution in [-0.2, 0) is 20.9 Å². The minimum absolute atomic E-state index is 0.00244. The standard InChI is InChI=1S/C41H55N7O6/c1-3-5-16-25-44(26-17-6-4-2)39(51)45-28-29-47(40(52)48(34-20-12-8-13-21-34)35-22-14-9-15-23-35)36(30-45)38(50)43-24-27-46(31-37(42)49)41(53)54-32-33-18-10-7-11-19-33/h7-15,18-23,36H,3-6,16-17,24-32H2,1-2H3,(H2,42,49)(H,43,50)/t36-/m0/s1. The molecule has 1 atom stereocenters. The third-order valence-corrected chi connectivity index (χ3v) is 9.24. The van der Waals surface area contributed by atoms with E-state index in [9.17, 15) is 24.0 Å². The van der Waals surface area contributed by atoms with E-state index in [1.165, 1.54) is 4.90 Å². The molecule has 1 fully saturated rings. The number of unbranched alkanes of at least 4 members (excludes halogenated alkanes) is 4. The van der Waals surface area contributed by atoms with E-state index in [0.717, 1.165) is 49.0 Å². The molecule has 0 saturated carbocycles. The van der Waals surface area contributed by atoms with Gasteiger partial charge in [-0.3, -0.25) is 19.4 Å². The molecular formula is C41H55N7O6. The SMILES string of the molecule is CCCCCN(CCCCC)C(=O)N1CCN(C(=O)N(c2ccccc2)c2ccccc2)[C@H](C(=O)NCCN(CC(N)=O)C(=O)OCc2ccccc2)C1. The number of piperazine rings is 1. The van der Waals surface area contributed by atoms with Crippen LogP contribution in [0, 0.1) is 0 Å². The number of nitrogens with one attached hydrogen (secondary N) is 1. The van der Waals surface area contributed by atoms with Gasteiger partial charge in [0.05, 0.1) is 17.9 Å². The molecule has 3 aromatic rings. The largest absolute Gasteiger partial charge is 0.445 e. The first-order valence-electron chi connectivity index (χ1n) is 19.0. The fourth-order valence-electron chi connectivity index (χ4n) is 6.34. The van der Waals surface area contributed by atoms with Gasteiger partial charge >= 0.3 is 18.2 Å². The molecule has 4 rings (SSSR count). The summed E-state index contributed by atoms with van der Waals surface area (Å²) < 4.78 is 5.42. The van der Waals surface area contributed by atoms with Gasteiger partial charge in [-0.1, -0.05) is 106 Å². The van der Waals surface area contributed by atoms with Crippen molar-refractivity contribution < 1.29 is 28.7 Å². The number of nitrogens with two attached hydrogens (primary N) is 1. The van der Waals surface area contributed by atoms with Gasteiger partial charge in [0.2, 0.25) is 11.8 Å². The summed E-state index contributed by atoms with van der Waals surface area (Å²) in [7, 11) is 0. The van der Waals surface area contributed by atoms with E-state index in [0.29, 0.717) is 24.5 Å². The minimum Gasteiger partial charge on any atom is -0.445 e. The summed E-state index contributed by atoms with van der Waals surface area (Å²) in [6, 6.07) is 25.9. The lowest BCUT2D eigenvalue weighted by molar-refractivity contribution is -0.127. The van der Waals surface area contributed by atoms with E-state index in [1.54, 1.807) is 9.80 Å². The number of anilines is 2. The number of hydrogen-bond donors (Lipinski definition) is 2. The Balaban J connectivity index is 1.55. The molecular weight excluding hydrogens is 686 g/mol. The number of carbonyl (C=O) groups excluding carboxylic acids is 5. The highest BCUT2D eigenvalue weighted by Crippen LogP contribution is 2.28. The van der Waals surface area contributed by atoms with Crippen LogP contribution in [0.1, 0.15) is 57.9 Å². The molecule has 3 N–H and O–H groups in total. The Morgan fingerprint density at radius 1 is 0.722 bits per heavy atom. The van der Waals surface area contributed by atoms with Gasteiger partial charge in [-0.25, -0.2) is 14.4 Å². The highest BCUT2D eigenvalue weighted by atomic mass is 16.6. The van der Waals surface area contributed by atoms with E-state index < -0.39 is 36.5 Å². The van der Waals surface area contributed by atoms with Gasteiger partial charge in [0.1, 0.15) is 19.2 Å². The number of urea groups is 2. The number of ether oxygens (including phenoxy) is 1. The van der Waals surface area contributed by atoms with Crippen molar-refractivity contribution in [3.05, 3.63) is 96.6 Å². The Bertz CT molecular complexity index is 1580. The fourth-order valence-corrected chi connectivity index (χ4v) is 6.34. The Morgan fingerprint density at radius 2 is 1.28 bits per heavy atom. The third-order valence-electron chi connectivity index (χ3n) is 9.24. The first kappa shape index (κ1) is 41.2. The third kappa shape index (κ3) is 12.2. The second-order valence-corrected chi connectivity index (χ2v) is 13.3. The summed E-state index contributed by atoms with van der Waals surface area (Å²) in [4.78, 5) is 75.4. The Hall–Kier alpha value is -5.59. The predicted molar refractivity (Wildman–Crippen MR) is 209 cm³/mol. The van der Waals surface area contributed by atoms with Crippen molar-refractivity contribution in [3.8, 4) is 0 Å². The predicted octanol–water partition coefficient (Wildman–Crippen LogP) is 5.97. The maximum Gasteiger partial charge on any atom is 0.410 e. The molecule has 0 aliphatic carbocycles. The summed E-state index contributed by atoms with van der Waals surface area (Å²) in [5, 5.41) is 2.86. The van der Waals surface area contributed by atoms with Crippen molar-refractivity contribution >= 4 is 41.3 Å². The number of rotatable bonds is 18. The monoisotopic (exact) mass is 741 g/mol. The van der Waals surface area contributed by atoms with Gasteiger partial charge in [-0.05, 0) is 42.7 Å². The maximum absolute atomic E-state index is 14.6. The topological polar surface area (TPSA) is 149 Å². The summed E-state index contributed by atoms with van der Waals surface area (Å²) in [6.45, 7) is 5.31. The van der Waals surface area contributed by atoms with Crippen LogP contribution >= 0.6 is 0 Å². The Kier molecular flexibility index (Phi) is 16.6. The summed E-state index contributed by atoms with van der Waals surface area (Å²) in [5.74, 6) is -1.23. The average molecular weight is 742 g/mol. The lowest BCUT2D eigenvalue weighted by Gasteiger charge is -2.43. The Morgan fingerprint density at radius 3 is 1.81 bits per heavy atom. The van der Waals surface area contributed by atoms with Crippen molar-refractivity contribution in [2.24, 2.45) is 5.73 Å². The van der Waals surface area contributed by atoms with E-state index in [4.69, 9.17) is 10.5 Å². The van der Waals surface area contributed by atoms with Crippen LogP contribution in [0.2, 0.25) is 0 Å². The normalized spacial score (nSPS) is 13.9. The van der Waals surface area contributed by atoms with Gasteiger partial charge in [0.25, 0.3) is 0 Å². The molecule has 1 aliphatic rings. The first-order chi connectivity index (χ1) is 26.2. The van der Waals surface area contributed by atoms with Gasteiger partial charge < -0.3 is 30.5 Å². The molecule has 13 nitrogen and oxygen atoms in total. The molecule has 0 bridgehead atoms. The average Bonchev–Trinajstić information content (AvgIpc) is 3.19. The van der Waals surface area contributed by atoms with E-state index in [2.05, 4.69) is 19.2 Å². The van der Waals surface area contributed by atoms with Crippen LogP contribution in [0.15, 0.2) is 91.0 Å². The van der Waals surface area contributed by atoms with Crippen LogP contribution < -0.4 is 16.0 Å². The number of para-hydroxylation sites is 2. The number of amides is 7. The lowest BCUT2D eigenvalue weighted by atomic mass is 10.1. The zero-order valence-corrected chi connectivity index (χ0v) is 31.6. The summed E-state index contributed by atoms with van der Waals surface area (Å²) in [5.41, 5.74) is 7.46. The highest BCUT2D eigenvalue weighted by Gasteiger charge is 2.40. The lowest BCUT2D eigenvalue weighted by Crippen LogP contribution is -2.64. The molecule has 0 unspecified atom stereocenters. The smallest absolute Gasteiger partial charge is 0.410 e. The van der Waals surface area contributed by atoms with Gasteiger partial charge in [0, 0.05) is 39.3 Å². The molecule has 54 heavy (non-hydrogen) atoms. The summed E-state index contributed by atoms with van der Waals surface area (Å²) >= 11 is 0. The van der Waals surface area contributed by atoms with Crippen LogP contribution in [-0.4, -0.2) is 108 Å². The van der Waals surface area contributed by atoms with Crippen molar-refractivity contribution in [2.75, 3.05) is 57.3 Å². The quantitative estimate of drug-likeness (QED) is 0.154. The molecule has 1 heterocycles. The molecule has 7 amide bonds. The number of primary amides is 1. The van der Waals surface area contributed by atoms with Crippen LogP contribution in [0.25, 0.3) is 0 Å².